The van der Waals surface area contributed by atoms with Crippen LogP contribution in [0.3, 0.4) is 0 Å². The molecule has 8 nitrogen and oxygen atoms in total. The molecule has 3 heterocycles. The monoisotopic (exact) mass is 497 g/mol. The quantitative estimate of drug-likeness (QED) is 0.317. The summed E-state index contributed by atoms with van der Waals surface area (Å²) >= 11 is 5.98. The van der Waals surface area contributed by atoms with Gasteiger partial charge in [0.05, 0.1) is 0 Å². The fourth-order valence-electron chi connectivity index (χ4n) is 3.97. The number of nitrogens with zero attached hydrogens (tertiary/aromatic N) is 3. The van der Waals surface area contributed by atoms with Crippen molar-refractivity contribution in [1.29, 1.82) is 0 Å². The topological polar surface area (TPSA) is 97.8 Å². The first-order chi connectivity index (χ1) is 16.3. The predicted molar refractivity (Wildman–Crippen MR) is 127 cm³/mol. The van der Waals surface area contributed by atoms with E-state index in [9.17, 15) is 18.4 Å². The van der Waals surface area contributed by atoms with Crippen LogP contribution in [-0.4, -0.2) is 49.7 Å². The maximum Gasteiger partial charge on any atom is 0.276 e. The van der Waals surface area contributed by atoms with Gasteiger partial charge in [-0.2, -0.15) is 9.04 Å². The molecule has 1 fully saturated rings. The fraction of sp³-hybridized carbons (Fsp3) is 0.167. The van der Waals surface area contributed by atoms with E-state index in [0.29, 0.717) is 26.3 Å². The molecule has 0 spiro atoms. The lowest BCUT2D eigenvalue weighted by Gasteiger charge is -2.33. The number of fused-ring (bicyclic) bond motifs is 1. The maximum atomic E-state index is 13.1. The molecule has 1 saturated heterocycles. The number of carbonyl (C=O) groups is 1. The molecule has 1 aliphatic heterocycles. The van der Waals surface area contributed by atoms with E-state index < -0.39 is 10.0 Å². The highest BCUT2D eigenvalue weighted by Gasteiger charge is 2.32. The second-order valence-electron chi connectivity index (χ2n) is 7.97. The summed E-state index contributed by atoms with van der Waals surface area (Å²) in [4.78, 5) is 14.6. The van der Waals surface area contributed by atoms with Crippen LogP contribution in [-0.2, 0) is 10.0 Å². The first-order valence-corrected chi connectivity index (χ1v) is 12.4. The van der Waals surface area contributed by atoms with Crippen molar-refractivity contribution in [2.45, 2.75) is 5.09 Å². The van der Waals surface area contributed by atoms with Crippen molar-refractivity contribution in [2.24, 2.45) is 0 Å². The summed E-state index contributed by atoms with van der Waals surface area (Å²) in [6.07, 6.45) is 2.84. The third kappa shape index (κ3) is 4.25. The Hall–Kier alpha value is -3.40. The van der Waals surface area contributed by atoms with Gasteiger partial charge in [-0.25, -0.2) is 8.42 Å². The molecule has 0 N–H and O–H groups in total. The number of hydrogen-bond acceptors (Lipinski definition) is 5. The summed E-state index contributed by atoms with van der Waals surface area (Å²) in [6, 6.07) is 16.9. The minimum Gasteiger partial charge on any atom is -0.619 e. The van der Waals surface area contributed by atoms with E-state index in [1.807, 2.05) is 12.1 Å². The van der Waals surface area contributed by atoms with Crippen molar-refractivity contribution in [2.75, 3.05) is 26.2 Å². The number of piperazine rings is 1. The standard InChI is InChI=1S/C24H20ClN3O5S/c25-21-5-6-22-20(15-21)16-23(33-22)34(31,32)28-13-11-26(12-14-28)24(29)19-3-1-17(2-4-19)18-7-9-27(30)10-8-18/h1-10,15-16H,11-14H2. The van der Waals surface area contributed by atoms with E-state index in [0.717, 1.165) is 11.1 Å². The summed E-state index contributed by atoms with van der Waals surface area (Å²) in [6.45, 7) is 0.883. The van der Waals surface area contributed by atoms with Gasteiger partial charge in [0.2, 0.25) is 5.09 Å². The van der Waals surface area contributed by atoms with Crippen molar-refractivity contribution in [3.8, 4) is 11.1 Å². The molecule has 2 aromatic heterocycles. The third-order valence-electron chi connectivity index (χ3n) is 5.84. The Morgan fingerprint density at radius 3 is 2.24 bits per heavy atom. The minimum atomic E-state index is -3.83. The summed E-state index contributed by atoms with van der Waals surface area (Å²) in [5, 5.41) is 12.2. The Morgan fingerprint density at radius 2 is 1.56 bits per heavy atom. The molecule has 0 atom stereocenters. The first kappa shape index (κ1) is 22.4. The van der Waals surface area contributed by atoms with E-state index in [4.69, 9.17) is 16.0 Å². The van der Waals surface area contributed by atoms with Gasteiger partial charge in [0.15, 0.2) is 12.4 Å². The van der Waals surface area contributed by atoms with E-state index in [2.05, 4.69) is 0 Å². The lowest BCUT2D eigenvalue weighted by molar-refractivity contribution is -0.605. The molecule has 0 bridgehead atoms. The number of furan rings is 1. The summed E-state index contributed by atoms with van der Waals surface area (Å²) in [5.74, 6) is -0.160. The Kier molecular flexibility index (Phi) is 5.76. The smallest absolute Gasteiger partial charge is 0.276 e. The molecule has 10 heteroatoms. The Balaban J connectivity index is 1.26. The molecule has 1 aliphatic rings. The minimum absolute atomic E-state index is 0.136. The number of sulfonamides is 1. The van der Waals surface area contributed by atoms with Crippen molar-refractivity contribution in [3.05, 3.63) is 88.9 Å². The lowest BCUT2D eigenvalue weighted by atomic mass is 10.0. The molecular formula is C24H20ClN3O5S. The van der Waals surface area contributed by atoms with Gasteiger partial charge in [-0.15, -0.1) is 0 Å². The molecule has 4 aromatic rings. The lowest BCUT2D eigenvalue weighted by Crippen LogP contribution is -2.50. The average molecular weight is 498 g/mol. The van der Waals surface area contributed by atoms with Crippen LogP contribution >= 0.6 is 11.6 Å². The highest BCUT2D eigenvalue weighted by atomic mass is 35.5. The highest BCUT2D eigenvalue weighted by Crippen LogP contribution is 2.28. The highest BCUT2D eigenvalue weighted by molar-refractivity contribution is 7.89. The average Bonchev–Trinajstić information content (AvgIpc) is 3.28. The van der Waals surface area contributed by atoms with Gasteiger partial charge in [-0.1, -0.05) is 23.7 Å². The van der Waals surface area contributed by atoms with Gasteiger partial charge < -0.3 is 14.5 Å². The molecule has 34 heavy (non-hydrogen) atoms. The number of benzene rings is 2. The van der Waals surface area contributed by atoms with Crippen LogP contribution in [0.2, 0.25) is 5.02 Å². The van der Waals surface area contributed by atoms with Crippen molar-refractivity contribution < 1.29 is 22.4 Å². The third-order valence-corrected chi connectivity index (χ3v) is 7.83. The van der Waals surface area contributed by atoms with Crippen LogP contribution in [0.1, 0.15) is 10.4 Å². The molecule has 2 aromatic carbocycles. The van der Waals surface area contributed by atoms with Crippen LogP contribution in [0.15, 0.2) is 82.6 Å². The SMILES string of the molecule is O=C(c1ccc(-c2cc[n+]([O-])cc2)cc1)N1CCN(S(=O)(=O)c2cc3cc(Cl)ccc3o2)CC1. The number of amides is 1. The number of rotatable bonds is 4. The normalized spacial score (nSPS) is 15.0. The zero-order valence-electron chi connectivity index (χ0n) is 17.9. The van der Waals surface area contributed by atoms with Crippen LogP contribution in [0.4, 0.5) is 0 Å². The predicted octanol–water partition coefficient (Wildman–Crippen LogP) is 3.53. The van der Waals surface area contributed by atoms with E-state index in [1.165, 1.54) is 22.8 Å². The number of carbonyl (C=O) groups excluding carboxylic acids is 1. The largest absolute Gasteiger partial charge is 0.619 e. The second kappa shape index (κ2) is 8.75. The Morgan fingerprint density at radius 1 is 0.912 bits per heavy atom. The van der Waals surface area contributed by atoms with Gasteiger partial charge in [0, 0.05) is 60.4 Å². The van der Waals surface area contributed by atoms with Crippen LogP contribution < -0.4 is 4.73 Å². The van der Waals surface area contributed by atoms with Gasteiger partial charge in [0.1, 0.15) is 5.58 Å². The van der Waals surface area contributed by atoms with Crippen LogP contribution in [0.25, 0.3) is 22.1 Å². The number of aromatic nitrogens is 1. The molecule has 5 rings (SSSR count). The molecule has 174 valence electrons. The van der Waals surface area contributed by atoms with Gasteiger partial charge >= 0.3 is 0 Å². The zero-order valence-corrected chi connectivity index (χ0v) is 19.5. The van der Waals surface area contributed by atoms with Crippen molar-refractivity contribution >= 4 is 38.5 Å². The van der Waals surface area contributed by atoms with E-state index in [-0.39, 0.29) is 37.2 Å². The van der Waals surface area contributed by atoms with Crippen LogP contribution in [0, 0.1) is 5.21 Å². The zero-order chi connectivity index (χ0) is 23.9. The summed E-state index contributed by atoms with van der Waals surface area (Å²) < 4.78 is 33.7. The number of halogens is 1. The van der Waals surface area contributed by atoms with Gasteiger partial charge in [-0.3, -0.25) is 4.79 Å². The molecule has 0 saturated carbocycles. The molecule has 0 radical (unpaired) electrons. The second-order valence-corrected chi connectivity index (χ2v) is 10.3. The first-order valence-electron chi connectivity index (χ1n) is 10.6. The Bertz CT molecular complexity index is 1460. The number of pyridine rings is 1. The van der Waals surface area contributed by atoms with E-state index >= 15 is 0 Å². The van der Waals surface area contributed by atoms with Gasteiger partial charge in [-0.05, 0) is 41.5 Å². The summed E-state index contributed by atoms with van der Waals surface area (Å²) in [7, 11) is -3.83. The molecule has 0 aliphatic carbocycles. The van der Waals surface area contributed by atoms with E-state index in [1.54, 1.807) is 47.4 Å². The molecular weight excluding hydrogens is 478 g/mol. The van der Waals surface area contributed by atoms with Gasteiger partial charge in [0.25, 0.3) is 15.9 Å². The summed E-state index contributed by atoms with van der Waals surface area (Å²) in [5.41, 5.74) is 2.73. The number of hydrogen-bond donors (Lipinski definition) is 0. The Labute approximate surface area is 201 Å². The maximum absolute atomic E-state index is 13.1. The molecule has 1 amide bonds. The van der Waals surface area contributed by atoms with Crippen molar-refractivity contribution in [1.82, 2.24) is 9.21 Å². The fourth-order valence-corrected chi connectivity index (χ4v) is 5.52. The van der Waals surface area contributed by atoms with Crippen molar-refractivity contribution in [3.63, 3.8) is 0 Å². The van der Waals surface area contributed by atoms with Crippen LogP contribution in [0.5, 0.6) is 0 Å². The molecule has 0 unspecified atom stereocenters.